The van der Waals surface area contributed by atoms with Crippen molar-refractivity contribution in [2.24, 2.45) is 23.7 Å². The first-order valence-electron chi connectivity index (χ1n) is 7.81. The Kier molecular flexibility index (Phi) is 3.19. The minimum absolute atomic E-state index is 0.344. The molecule has 104 valence electrons. The average molecular weight is 258 g/mol. The highest BCUT2D eigenvalue weighted by Crippen LogP contribution is 2.50. The largest absolute Gasteiger partial charge is 0.299 e. The fourth-order valence-electron chi connectivity index (χ4n) is 4.59. The van der Waals surface area contributed by atoms with Crippen molar-refractivity contribution >= 4 is 5.78 Å². The summed E-state index contributed by atoms with van der Waals surface area (Å²) in [6, 6.07) is 0. The molecule has 3 aliphatic rings. The number of hydrogen-bond donors (Lipinski definition) is 0. The zero-order valence-electron chi connectivity index (χ0n) is 12.8. The van der Waals surface area contributed by atoms with Crippen molar-refractivity contribution in [3.8, 4) is 0 Å². The minimum Gasteiger partial charge on any atom is -0.299 e. The second-order valence-electron chi connectivity index (χ2n) is 7.31. The zero-order chi connectivity index (χ0) is 13.7. The van der Waals surface area contributed by atoms with E-state index in [0.29, 0.717) is 29.5 Å². The molecule has 0 aromatic carbocycles. The van der Waals surface area contributed by atoms with E-state index in [1.807, 2.05) is 0 Å². The van der Waals surface area contributed by atoms with Gasteiger partial charge in [0, 0.05) is 11.8 Å². The number of carbonyl (C=O) groups excluding carboxylic acids is 1. The van der Waals surface area contributed by atoms with Gasteiger partial charge in [0.15, 0.2) is 0 Å². The van der Waals surface area contributed by atoms with Crippen LogP contribution in [0, 0.1) is 23.7 Å². The molecule has 0 amide bonds. The van der Waals surface area contributed by atoms with Crippen LogP contribution in [0.5, 0.6) is 0 Å². The normalized spacial score (nSPS) is 39.3. The number of fused-ring (bicyclic) bond motifs is 2. The third kappa shape index (κ3) is 2.11. The van der Waals surface area contributed by atoms with E-state index in [9.17, 15) is 4.79 Å². The summed E-state index contributed by atoms with van der Waals surface area (Å²) in [5, 5.41) is 0. The molecule has 1 fully saturated rings. The molecule has 0 saturated heterocycles. The lowest BCUT2D eigenvalue weighted by Crippen LogP contribution is -2.43. The van der Waals surface area contributed by atoms with Gasteiger partial charge in [0.1, 0.15) is 5.78 Å². The third-order valence-electron chi connectivity index (χ3n) is 6.12. The van der Waals surface area contributed by atoms with E-state index in [-0.39, 0.29) is 0 Å². The summed E-state index contributed by atoms with van der Waals surface area (Å²) in [6.45, 7) is 8.97. The van der Waals surface area contributed by atoms with E-state index in [1.54, 1.807) is 11.1 Å². The molecule has 0 bridgehead atoms. The molecule has 0 heterocycles. The summed E-state index contributed by atoms with van der Waals surface area (Å²) in [7, 11) is 0. The van der Waals surface area contributed by atoms with Crippen LogP contribution in [0.2, 0.25) is 0 Å². The van der Waals surface area contributed by atoms with Crippen LogP contribution in [-0.4, -0.2) is 5.78 Å². The Morgan fingerprint density at radius 3 is 1.47 bits per heavy atom. The van der Waals surface area contributed by atoms with Gasteiger partial charge in [-0.25, -0.2) is 0 Å². The summed E-state index contributed by atoms with van der Waals surface area (Å²) in [6.07, 6.45) is 5.72. The van der Waals surface area contributed by atoms with Crippen molar-refractivity contribution in [3.05, 3.63) is 22.3 Å². The summed E-state index contributed by atoms with van der Waals surface area (Å²) >= 11 is 0. The highest BCUT2D eigenvalue weighted by molar-refractivity contribution is 5.86. The predicted octanol–water partition coefficient (Wildman–Crippen LogP) is 4.68. The predicted molar refractivity (Wildman–Crippen MR) is 78.8 cm³/mol. The molecule has 1 nitrogen and oxygen atoms in total. The Morgan fingerprint density at radius 2 is 1.05 bits per heavy atom. The Labute approximate surface area is 117 Å². The molecule has 0 N–H and O–H groups in total. The van der Waals surface area contributed by atoms with Crippen molar-refractivity contribution in [2.75, 3.05) is 0 Å². The maximum Gasteiger partial charge on any atom is 0.140 e. The fraction of sp³-hybridized carbons (Fsp3) is 0.722. The lowest BCUT2D eigenvalue weighted by molar-refractivity contribution is -0.135. The average Bonchev–Trinajstić information content (AvgIpc) is 2.35. The summed E-state index contributed by atoms with van der Waals surface area (Å²) in [4.78, 5) is 12.9. The van der Waals surface area contributed by atoms with Crippen LogP contribution in [0.15, 0.2) is 22.3 Å². The van der Waals surface area contributed by atoms with Crippen molar-refractivity contribution in [1.29, 1.82) is 0 Å². The van der Waals surface area contributed by atoms with Gasteiger partial charge in [-0.05, 0) is 71.6 Å². The molecule has 0 radical (unpaired) electrons. The molecule has 19 heavy (non-hydrogen) atoms. The highest BCUT2D eigenvalue weighted by Gasteiger charge is 2.46. The molecule has 4 atom stereocenters. The molecular weight excluding hydrogens is 232 g/mol. The fourth-order valence-corrected chi connectivity index (χ4v) is 4.59. The van der Waals surface area contributed by atoms with Crippen molar-refractivity contribution in [1.82, 2.24) is 0 Å². The van der Waals surface area contributed by atoms with Crippen molar-refractivity contribution < 1.29 is 4.79 Å². The van der Waals surface area contributed by atoms with Crippen LogP contribution in [0.4, 0.5) is 0 Å². The molecule has 0 aliphatic heterocycles. The van der Waals surface area contributed by atoms with E-state index in [1.165, 1.54) is 30.4 Å². The van der Waals surface area contributed by atoms with Gasteiger partial charge in [-0.1, -0.05) is 22.3 Å². The molecule has 1 saturated carbocycles. The Morgan fingerprint density at radius 1 is 0.684 bits per heavy atom. The van der Waals surface area contributed by atoms with E-state index in [2.05, 4.69) is 27.7 Å². The third-order valence-corrected chi connectivity index (χ3v) is 6.12. The van der Waals surface area contributed by atoms with E-state index in [0.717, 1.165) is 12.8 Å². The number of carbonyl (C=O) groups is 1. The number of allylic oxidation sites excluding steroid dienone is 4. The lowest BCUT2D eigenvalue weighted by atomic mass is 9.58. The topological polar surface area (TPSA) is 17.1 Å². The molecular formula is C18H26O. The van der Waals surface area contributed by atoms with Crippen LogP contribution in [0.1, 0.15) is 59.8 Å². The first-order chi connectivity index (χ1) is 8.97. The number of rotatable bonds is 0. The number of Topliss-reactive ketones (excluding diaryl/α,β-unsaturated/α-hetero) is 1. The van der Waals surface area contributed by atoms with Gasteiger partial charge < -0.3 is 0 Å². The first-order valence-corrected chi connectivity index (χ1v) is 7.81. The van der Waals surface area contributed by atoms with Crippen molar-refractivity contribution in [2.45, 2.75) is 59.8 Å². The number of ketones is 1. The van der Waals surface area contributed by atoms with E-state index >= 15 is 0 Å². The number of hydrogen-bond acceptors (Lipinski definition) is 1. The monoisotopic (exact) mass is 258 g/mol. The van der Waals surface area contributed by atoms with Gasteiger partial charge >= 0.3 is 0 Å². The molecule has 0 aromatic rings. The van der Waals surface area contributed by atoms with Crippen LogP contribution < -0.4 is 0 Å². The summed E-state index contributed by atoms with van der Waals surface area (Å²) < 4.78 is 0. The van der Waals surface area contributed by atoms with Gasteiger partial charge in [-0.15, -0.1) is 0 Å². The molecule has 0 aromatic heterocycles. The molecule has 1 heteroatoms. The molecule has 0 spiro atoms. The highest BCUT2D eigenvalue weighted by atomic mass is 16.1. The van der Waals surface area contributed by atoms with Gasteiger partial charge in [-0.2, -0.15) is 0 Å². The quantitative estimate of drug-likeness (QED) is 0.576. The van der Waals surface area contributed by atoms with Crippen LogP contribution in [0.25, 0.3) is 0 Å². The van der Waals surface area contributed by atoms with Gasteiger partial charge in [0.2, 0.25) is 0 Å². The second kappa shape index (κ2) is 4.61. The second-order valence-corrected chi connectivity index (χ2v) is 7.31. The maximum atomic E-state index is 12.9. The Hall–Kier alpha value is -0.850. The summed E-state index contributed by atoms with van der Waals surface area (Å²) in [5.41, 5.74) is 6.05. The summed E-state index contributed by atoms with van der Waals surface area (Å²) in [5.74, 6) is 2.57. The van der Waals surface area contributed by atoms with Crippen LogP contribution >= 0.6 is 0 Å². The van der Waals surface area contributed by atoms with Crippen molar-refractivity contribution in [3.63, 3.8) is 0 Å². The molecule has 3 rings (SSSR count). The Balaban J connectivity index is 1.87. The van der Waals surface area contributed by atoms with Gasteiger partial charge in [0.05, 0.1) is 0 Å². The lowest BCUT2D eigenvalue weighted by Gasteiger charge is -2.45. The van der Waals surface area contributed by atoms with E-state index < -0.39 is 0 Å². The molecule has 3 aliphatic carbocycles. The van der Waals surface area contributed by atoms with E-state index in [4.69, 9.17) is 0 Å². The maximum absolute atomic E-state index is 12.9. The standard InChI is InChI=1S/C18H26O/c1-10-5-14-9-15-6-11(2)13(4)8-17(15)18(19)16(14)7-12(10)3/h14-17H,5-9H2,1-4H3/t14-,15+,16+,17-. The molecule has 0 unspecified atom stereocenters. The Bertz CT molecular complexity index is 438. The van der Waals surface area contributed by atoms with Gasteiger partial charge in [0.25, 0.3) is 0 Å². The van der Waals surface area contributed by atoms with Crippen LogP contribution in [0.3, 0.4) is 0 Å². The SMILES string of the molecule is CC1=C(C)C[C@@H]2C(=O)[C@@H]3CC(C)=C(C)C[C@H]3C[C@H]2C1. The van der Waals surface area contributed by atoms with Gasteiger partial charge in [-0.3, -0.25) is 4.79 Å². The minimum atomic E-state index is 0.344. The first kappa shape index (κ1) is 13.1. The van der Waals surface area contributed by atoms with Crippen LogP contribution in [-0.2, 0) is 4.79 Å². The zero-order valence-corrected chi connectivity index (χ0v) is 12.8. The smallest absolute Gasteiger partial charge is 0.140 e.